The lowest BCUT2D eigenvalue weighted by Gasteiger charge is -2.06. The molecule has 7 heteroatoms. The van der Waals surface area contributed by atoms with Crippen molar-refractivity contribution in [2.24, 2.45) is 5.92 Å². The summed E-state index contributed by atoms with van der Waals surface area (Å²) in [6.07, 6.45) is 1.93. The highest BCUT2D eigenvalue weighted by atomic mass is 79.9. The summed E-state index contributed by atoms with van der Waals surface area (Å²) < 4.78 is 6.57. The molecule has 124 valence electrons. The van der Waals surface area contributed by atoms with Gasteiger partial charge in [0, 0.05) is 17.3 Å². The van der Waals surface area contributed by atoms with Gasteiger partial charge in [0.2, 0.25) is 11.0 Å². The van der Waals surface area contributed by atoms with Gasteiger partial charge in [0.05, 0.1) is 6.61 Å². The number of anilines is 1. The number of amides is 1. The number of ether oxygens (including phenoxy) is 1. The zero-order chi connectivity index (χ0) is 16.7. The van der Waals surface area contributed by atoms with Crippen LogP contribution in [0.15, 0.2) is 28.7 Å². The fraction of sp³-hybridized carbons (Fsp3) is 0.438. The second kappa shape index (κ2) is 8.98. The Balaban J connectivity index is 1.68. The van der Waals surface area contributed by atoms with E-state index < -0.39 is 0 Å². The highest BCUT2D eigenvalue weighted by Crippen LogP contribution is 2.19. The summed E-state index contributed by atoms with van der Waals surface area (Å²) in [7, 11) is 0. The largest absolute Gasteiger partial charge is 0.494 e. The summed E-state index contributed by atoms with van der Waals surface area (Å²) in [6, 6.07) is 7.64. The molecule has 0 radical (unpaired) electrons. The first-order chi connectivity index (χ1) is 11.0. The summed E-state index contributed by atoms with van der Waals surface area (Å²) in [6.45, 7) is 4.76. The van der Waals surface area contributed by atoms with Gasteiger partial charge in [-0.05, 0) is 30.5 Å². The molecule has 0 spiro atoms. The number of carbonyl (C=O) groups excluding carboxylic acids is 1. The van der Waals surface area contributed by atoms with Gasteiger partial charge in [-0.2, -0.15) is 0 Å². The molecule has 0 atom stereocenters. The topological polar surface area (TPSA) is 64.1 Å². The Hall–Kier alpha value is -1.47. The molecular formula is C16H20BrN3O2S. The number of nitrogens with one attached hydrogen (secondary N) is 1. The second-order valence-electron chi connectivity index (χ2n) is 5.56. The maximum atomic E-state index is 11.9. The van der Waals surface area contributed by atoms with Crippen LogP contribution in [0.1, 0.15) is 31.7 Å². The van der Waals surface area contributed by atoms with E-state index in [1.165, 1.54) is 11.3 Å². The molecule has 0 aliphatic heterocycles. The number of halogens is 1. The first-order valence-electron chi connectivity index (χ1n) is 7.53. The second-order valence-corrected chi connectivity index (χ2v) is 7.53. The van der Waals surface area contributed by atoms with E-state index in [0.717, 1.165) is 21.7 Å². The fourth-order valence-electron chi connectivity index (χ4n) is 1.90. The number of nitrogens with zero attached hydrogens (tertiary/aromatic N) is 2. The SMILES string of the molecule is CC(C)Cc1nnc(NC(=O)CCCOc2cccc(Br)c2)s1. The first-order valence-corrected chi connectivity index (χ1v) is 9.14. The summed E-state index contributed by atoms with van der Waals surface area (Å²) in [5, 5.41) is 12.4. The lowest BCUT2D eigenvalue weighted by molar-refractivity contribution is -0.116. The molecule has 2 aromatic rings. The van der Waals surface area contributed by atoms with Crippen LogP contribution >= 0.6 is 27.3 Å². The Morgan fingerprint density at radius 1 is 1.39 bits per heavy atom. The predicted octanol–water partition coefficient (Wildman–Crippen LogP) is 4.30. The van der Waals surface area contributed by atoms with Gasteiger partial charge in [0.15, 0.2) is 0 Å². The Kier molecular flexibility index (Phi) is 6.98. The summed E-state index contributed by atoms with van der Waals surface area (Å²) in [5.74, 6) is 1.26. The Bertz CT molecular complexity index is 646. The van der Waals surface area contributed by atoms with Gasteiger partial charge in [-0.1, -0.05) is 47.2 Å². The van der Waals surface area contributed by atoms with Gasteiger partial charge in [-0.3, -0.25) is 4.79 Å². The monoisotopic (exact) mass is 397 g/mol. The minimum absolute atomic E-state index is 0.0601. The van der Waals surface area contributed by atoms with Crippen LogP contribution in [0.5, 0.6) is 5.75 Å². The molecule has 1 aromatic heterocycles. The lowest BCUT2D eigenvalue weighted by atomic mass is 10.1. The third-order valence-corrected chi connectivity index (χ3v) is 4.26. The molecule has 5 nitrogen and oxygen atoms in total. The fourth-order valence-corrected chi connectivity index (χ4v) is 3.24. The van der Waals surface area contributed by atoms with E-state index >= 15 is 0 Å². The molecule has 0 unspecified atom stereocenters. The molecule has 0 bridgehead atoms. The van der Waals surface area contributed by atoms with Crippen LogP contribution in [0.4, 0.5) is 5.13 Å². The van der Waals surface area contributed by atoms with Gasteiger partial charge in [-0.15, -0.1) is 10.2 Å². The van der Waals surface area contributed by atoms with E-state index in [1.807, 2.05) is 24.3 Å². The average Bonchev–Trinajstić information content (AvgIpc) is 2.90. The number of carbonyl (C=O) groups is 1. The van der Waals surface area contributed by atoms with Crippen molar-refractivity contribution in [1.29, 1.82) is 0 Å². The van der Waals surface area contributed by atoms with Crippen molar-refractivity contribution in [2.75, 3.05) is 11.9 Å². The van der Waals surface area contributed by atoms with Gasteiger partial charge in [-0.25, -0.2) is 0 Å². The number of hydrogen-bond acceptors (Lipinski definition) is 5. The van der Waals surface area contributed by atoms with Crippen LogP contribution in [0.25, 0.3) is 0 Å². The minimum atomic E-state index is -0.0601. The molecule has 1 aromatic carbocycles. The molecule has 0 saturated heterocycles. The Labute approximate surface area is 148 Å². The number of aromatic nitrogens is 2. The highest BCUT2D eigenvalue weighted by Gasteiger charge is 2.09. The molecule has 0 aliphatic carbocycles. The standard InChI is InChI=1S/C16H20BrN3O2S/c1-11(2)9-15-19-20-16(23-15)18-14(21)7-4-8-22-13-6-3-5-12(17)10-13/h3,5-6,10-11H,4,7-9H2,1-2H3,(H,18,20,21). The minimum Gasteiger partial charge on any atom is -0.494 e. The molecule has 2 rings (SSSR count). The van der Waals surface area contributed by atoms with Crippen LogP contribution in [0, 0.1) is 5.92 Å². The number of hydrogen-bond donors (Lipinski definition) is 1. The third-order valence-electron chi connectivity index (χ3n) is 2.91. The zero-order valence-corrected chi connectivity index (χ0v) is 15.6. The maximum Gasteiger partial charge on any atom is 0.226 e. The molecule has 0 saturated carbocycles. The smallest absolute Gasteiger partial charge is 0.226 e. The quantitative estimate of drug-likeness (QED) is 0.674. The zero-order valence-electron chi connectivity index (χ0n) is 13.2. The lowest BCUT2D eigenvalue weighted by Crippen LogP contribution is -2.12. The predicted molar refractivity (Wildman–Crippen MR) is 96.0 cm³/mol. The van der Waals surface area contributed by atoms with Crippen molar-refractivity contribution in [1.82, 2.24) is 10.2 Å². The van der Waals surface area contributed by atoms with E-state index in [4.69, 9.17) is 4.74 Å². The summed E-state index contributed by atoms with van der Waals surface area (Å²) >= 11 is 4.83. The maximum absolute atomic E-state index is 11.9. The number of benzene rings is 1. The van der Waals surface area contributed by atoms with E-state index in [2.05, 4.69) is 45.3 Å². The van der Waals surface area contributed by atoms with Crippen LogP contribution in [0.2, 0.25) is 0 Å². The molecule has 1 heterocycles. The van der Waals surface area contributed by atoms with Crippen molar-refractivity contribution in [3.63, 3.8) is 0 Å². The summed E-state index contributed by atoms with van der Waals surface area (Å²) in [4.78, 5) is 11.9. The van der Waals surface area contributed by atoms with Crippen molar-refractivity contribution >= 4 is 38.3 Å². The molecule has 23 heavy (non-hydrogen) atoms. The van der Waals surface area contributed by atoms with Gasteiger partial charge < -0.3 is 10.1 Å². The van der Waals surface area contributed by atoms with Crippen LogP contribution < -0.4 is 10.1 Å². The van der Waals surface area contributed by atoms with Crippen molar-refractivity contribution in [2.45, 2.75) is 33.1 Å². The third kappa shape index (κ3) is 6.66. The van der Waals surface area contributed by atoms with Crippen LogP contribution in [-0.2, 0) is 11.2 Å². The van der Waals surface area contributed by atoms with E-state index in [0.29, 0.717) is 30.5 Å². The van der Waals surface area contributed by atoms with Crippen molar-refractivity contribution in [3.05, 3.63) is 33.7 Å². The summed E-state index contributed by atoms with van der Waals surface area (Å²) in [5.41, 5.74) is 0. The molecular weight excluding hydrogens is 378 g/mol. The van der Waals surface area contributed by atoms with Crippen molar-refractivity contribution < 1.29 is 9.53 Å². The van der Waals surface area contributed by atoms with Gasteiger partial charge >= 0.3 is 0 Å². The normalized spacial score (nSPS) is 10.8. The van der Waals surface area contributed by atoms with Crippen molar-refractivity contribution in [3.8, 4) is 5.75 Å². The Morgan fingerprint density at radius 3 is 2.96 bits per heavy atom. The Morgan fingerprint density at radius 2 is 2.22 bits per heavy atom. The first kappa shape index (κ1) is 17.9. The van der Waals surface area contributed by atoms with E-state index in [9.17, 15) is 4.79 Å². The number of rotatable bonds is 8. The van der Waals surface area contributed by atoms with Crippen LogP contribution in [-0.4, -0.2) is 22.7 Å². The average molecular weight is 398 g/mol. The van der Waals surface area contributed by atoms with Crippen LogP contribution in [0.3, 0.4) is 0 Å². The van der Waals surface area contributed by atoms with E-state index in [-0.39, 0.29) is 5.91 Å². The molecule has 0 aliphatic rings. The molecule has 0 fully saturated rings. The van der Waals surface area contributed by atoms with Gasteiger partial charge in [0.25, 0.3) is 0 Å². The molecule has 1 N–H and O–H groups in total. The highest BCUT2D eigenvalue weighted by molar-refractivity contribution is 9.10. The van der Waals surface area contributed by atoms with Gasteiger partial charge in [0.1, 0.15) is 10.8 Å². The molecule has 1 amide bonds. The van der Waals surface area contributed by atoms with E-state index in [1.54, 1.807) is 0 Å².